The lowest BCUT2D eigenvalue weighted by Crippen LogP contribution is -2.29. The first-order valence-electron chi connectivity index (χ1n) is 4.17. The number of hydrogen-bond donors (Lipinski definition) is 3. The summed E-state index contributed by atoms with van der Waals surface area (Å²) in [6.07, 6.45) is 2.90. The van der Waals surface area contributed by atoms with Crippen LogP contribution in [0.5, 0.6) is 0 Å². The molecule has 78 valence electrons. The van der Waals surface area contributed by atoms with E-state index in [0.29, 0.717) is 6.04 Å². The fraction of sp³-hybridized carbons (Fsp3) is 0.333. The van der Waals surface area contributed by atoms with Crippen LogP contribution in [0, 0.1) is 0 Å². The van der Waals surface area contributed by atoms with Gasteiger partial charge in [0.2, 0.25) is 0 Å². The Labute approximate surface area is 82.9 Å². The van der Waals surface area contributed by atoms with Crippen LogP contribution in [0.2, 0.25) is 0 Å². The second kappa shape index (κ2) is 6.99. The molecule has 0 amide bonds. The summed E-state index contributed by atoms with van der Waals surface area (Å²) < 4.78 is 0. The summed E-state index contributed by atoms with van der Waals surface area (Å²) in [5.74, 6) is 4.00. The molecule has 0 bridgehead atoms. The number of aromatic carboxylic acids is 1. The van der Waals surface area contributed by atoms with E-state index in [1.165, 1.54) is 24.5 Å². The minimum atomic E-state index is -0.919. The van der Waals surface area contributed by atoms with Crippen molar-refractivity contribution in [3.05, 3.63) is 30.1 Å². The minimum absolute atomic E-state index is 0.269. The average molecular weight is 197 g/mol. The van der Waals surface area contributed by atoms with Gasteiger partial charge in [-0.15, -0.1) is 0 Å². The summed E-state index contributed by atoms with van der Waals surface area (Å²) in [6.45, 7) is 3.97. The van der Waals surface area contributed by atoms with E-state index >= 15 is 0 Å². The number of carbonyl (C=O) groups is 1. The summed E-state index contributed by atoms with van der Waals surface area (Å²) in [7, 11) is 0. The Morgan fingerprint density at radius 3 is 2.14 bits per heavy atom. The van der Waals surface area contributed by atoms with Crippen LogP contribution < -0.4 is 11.3 Å². The average Bonchev–Trinajstić information content (AvgIpc) is 2.20. The molecule has 0 unspecified atom stereocenters. The lowest BCUT2D eigenvalue weighted by atomic mass is 10.3. The van der Waals surface area contributed by atoms with Crippen LogP contribution in [0.3, 0.4) is 0 Å². The van der Waals surface area contributed by atoms with Crippen LogP contribution in [0.15, 0.2) is 24.5 Å². The third-order valence-corrected chi connectivity index (χ3v) is 1.26. The highest BCUT2D eigenvalue weighted by Gasteiger charge is 1.97. The van der Waals surface area contributed by atoms with E-state index in [0.717, 1.165) is 0 Å². The van der Waals surface area contributed by atoms with E-state index in [1.54, 1.807) is 0 Å². The van der Waals surface area contributed by atoms with E-state index in [2.05, 4.69) is 10.4 Å². The van der Waals surface area contributed by atoms with Gasteiger partial charge >= 0.3 is 5.97 Å². The molecule has 0 spiro atoms. The van der Waals surface area contributed by atoms with Crippen LogP contribution in [0.25, 0.3) is 0 Å². The monoisotopic (exact) mass is 197 g/mol. The molecule has 0 radical (unpaired) electrons. The molecule has 1 aromatic rings. The second-order valence-corrected chi connectivity index (χ2v) is 2.86. The summed E-state index contributed by atoms with van der Waals surface area (Å²) in [5, 5.41) is 8.36. The number of nitrogens with one attached hydrogen (secondary N) is 1. The topological polar surface area (TPSA) is 88.2 Å². The van der Waals surface area contributed by atoms with Crippen LogP contribution in [-0.2, 0) is 0 Å². The van der Waals surface area contributed by atoms with Gasteiger partial charge in [-0.3, -0.25) is 16.3 Å². The molecule has 0 saturated carbocycles. The molecule has 0 atom stereocenters. The molecule has 14 heavy (non-hydrogen) atoms. The first-order chi connectivity index (χ1) is 6.57. The highest BCUT2D eigenvalue weighted by Crippen LogP contribution is 1.93. The third-order valence-electron chi connectivity index (χ3n) is 1.26. The van der Waals surface area contributed by atoms with Gasteiger partial charge < -0.3 is 5.11 Å². The van der Waals surface area contributed by atoms with Crippen molar-refractivity contribution >= 4 is 5.97 Å². The van der Waals surface area contributed by atoms with Crippen LogP contribution in [0.4, 0.5) is 0 Å². The Morgan fingerprint density at radius 1 is 1.50 bits per heavy atom. The van der Waals surface area contributed by atoms with Crippen LogP contribution in [0.1, 0.15) is 24.2 Å². The van der Waals surface area contributed by atoms with Gasteiger partial charge in [0.05, 0.1) is 5.56 Å². The van der Waals surface area contributed by atoms with E-state index in [1.807, 2.05) is 13.8 Å². The maximum absolute atomic E-state index is 10.2. The molecule has 0 aliphatic heterocycles. The second-order valence-electron chi connectivity index (χ2n) is 2.86. The molecule has 1 rings (SSSR count). The maximum Gasteiger partial charge on any atom is 0.335 e. The van der Waals surface area contributed by atoms with Crippen molar-refractivity contribution in [1.29, 1.82) is 0 Å². The molecule has 1 aromatic heterocycles. The molecule has 5 heteroatoms. The number of pyridine rings is 1. The normalized spacial score (nSPS) is 9.14. The summed E-state index contributed by atoms with van der Waals surface area (Å²) >= 11 is 0. The van der Waals surface area contributed by atoms with Crippen molar-refractivity contribution in [3.8, 4) is 0 Å². The zero-order valence-electron chi connectivity index (χ0n) is 8.27. The van der Waals surface area contributed by atoms with Crippen molar-refractivity contribution in [3.63, 3.8) is 0 Å². The van der Waals surface area contributed by atoms with Crippen molar-refractivity contribution < 1.29 is 9.90 Å². The number of hydrogen-bond acceptors (Lipinski definition) is 4. The standard InChI is InChI=1S/C6H5NO2.C3H10N2/c8-6(9)5-1-3-7-4-2-5;1-3(2)5-4/h1-4H,(H,8,9);3,5H,4H2,1-2H3. The van der Waals surface area contributed by atoms with E-state index in [4.69, 9.17) is 10.9 Å². The Balaban J connectivity index is 0.000000292. The summed E-state index contributed by atoms with van der Waals surface area (Å²) in [4.78, 5) is 13.8. The largest absolute Gasteiger partial charge is 0.478 e. The Hall–Kier alpha value is -1.46. The number of nitrogens with two attached hydrogens (primary N) is 1. The number of nitrogens with zero attached hydrogens (tertiary/aromatic N) is 1. The summed E-state index contributed by atoms with van der Waals surface area (Å²) in [5.41, 5.74) is 2.80. The maximum atomic E-state index is 10.2. The fourth-order valence-electron chi connectivity index (χ4n) is 0.494. The predicted molar refractivity (Wildman–Crippen MR) is 53.7 cm³/mol. The molecule has 0 aromatic carbocycles. The van der Waals surface area contributed by atoms with Crippen LogP contribution in [-0.4, -0.2) is 22.1 Å². The van der Waals surface area contributed by atoms with Gasteiger partial charge in [0, 0.05) is 18.4 Å². The molecular weight excluding hydrogens is 182 g/mol. The minimum Gasteiger partial charge on any atom is -0.478 e. The molecule has 1 heterocycles. The molecule has 4 N–H and O–H groups in total. The Kier molecular flexibility index (Phi) is 6.26. The van der Waals surface area contributed by atoms with Crippen molar-refractivity contribution in [2.75, 3.05) is 0 Å². The summed E-state index contributed by atoms with van der Waals surface area (Å²) in [6, 6.07) is 3.31. The van der Waals surface area contributed by atoms with Crippen molar-refractivity contribution in [1.82, 2.24) is 10.4 Å². The highest BCUT2D eigenvalue weighted by molar-refractivity contribution is 5.87. The lowest BCUT2D eigenvalue weighted by Gasteiger charge is -1.95. The molecule has 0 aliphatic carbocycles. The number of aromatic nitrogens is 1. The third kappa shape index (κ3) is 6.10. The van der Waals surface area contributed by atoms with Gasteiger partial charge in [0.15, 0.2) is 0 Å². The van der Waals surface area contributed by atoms with E-state index < -0.39 is 5.97 Å². The fourth-order valence-corrected chi connectivity index (χ4v) is 0.494. The zero-order valence-corrected chi connectivity index (χ0v) is 8.27. The van der Waals surface area contributed by atoms with Gasteiger partial charge in [0.1, 0.15) is 0 Å². The predicted octanol–water partition coefficient (Wildman–Crippen LogP) is 0.638. The zero-order chi connectivity index (χ0) is 11.0. The molecule has 5 nitrogen and oxygen atoms in total. The first kappa shape index (κ1) is 12.5. The van der Waals surface area contributed by atoms with Crippen molar-refractivity contribution in [2.45, 2.75) is 19.9 Å². The van der Waals surface area contributed by atoms with E-state index in [-0.39, 0.29) is 5.56 Å². The number of carboxylic acids is 1. The Morgan fingerprint density at radius 2 is 1.93 bits per heavy atom. The van der Waals surface area contributed by atoms with E-state index in [9.17, 15) is 4.79 Å². The lowest BCUT2D eigenvalue weighted by molar-refractivity contribution is 0.0697. The smallest absolute Gasteiger partial charge is 0.335 e. The molecule has 0 fully saturated rings. The van der Waals surface area contributed by atoms with Gasteiger partial charge in [-0.05, 0) is 26.0 Å². The first-order valence-corrected chi connectivity index (χ1v) is 4.17. The highest BCUT2D eigenvalue weighted by atomic mass is 16.4. The number of hydrazine groups is 1. The van der Waals surface area contributed by atoms with Gasteiger partial charge in [-0.25, -0.2) is 4.79 Å². The van der Waals surface area contributed by atoms with Crippen LogP contribution >= 0.6 is 0 Å². The van der Waals surface area contributed by atoms with Gasteiger partial charge in [-0.1, -0.05) is 0 Å². The molecular formula is C9H15N3O2. The SMILES string of the molecule is CC(C)NN.O=C(O)c1ccncc1. The molecule has 0 aliphatic rings. The number of carboxylic acid groups (broad SMARTS) is 1. The quantitative estimate of drug-likeness (QED) is 0.478. The molecule has 0 saturated heterocycles. The Bertz CT molecular complexity index is 262. The van der Waals surface area contributed by atoms with Gasteiger partial charge in [0.25, 0.3) is 0 Å². The van der Waals surface area contributed by atoms with Gasteiger partial charge in [-0.2, -0.15) is 0 Å². The van der Waals surface area contributed by atoms with Crippen molar-refractivity contribution in [2.24, 2.45) is 5.84 Å². The number of rotatable bonds is 2.